The summed E-state index contributed by atoms with van der Waals surface area (Å²) in [6.45, 7) is -1.97. The van der Waals surface area contributed by atoms with Crippen molar-refractivity contribution in [3.63, 3.8) is 0 Å². The van der Waals surface area contributed by atoms with Gasteiger partial charge in [-0.15, -0.1) is 0 Å². The fourth-order valence-electron chi connectivity index (χ4n) is 1.86. The van der Waals surface area contributed by atoms with Gasteiger partial charge in [-0.1, -0.05) is 0 Å². The molecule has 21 heavy (non-hydrogen) atoms. The molecular formula is C11H22O10. The number of rotatable bonds is 7. The normalized spacial score (nSPS) is 38.0. The average Bonchev–Trinajstić information content (AvgIpc) is 2.50. The second kappa shape index (κ2) is 8.29. The van der Waals surface area contributed by atoms with Gasteiger partial charge in [0, 0.05) is 0 Å². The Morgan fingerprint density at radius 1 is 0.905 bits per heavy atom. The quantitative estimate of drug-likeness (QED) is 0.226. The van der Waals surface area contributed by atoms with Crippen LogP contribution in [-0.2, 0) is 9.47 Å². The van der Waals surface area contributed by atoms with Crippen LogP contribution in [0.25, 0.3) is 0 Å². The molecule has 1 heterocycles. The molecule has 0 saturated carbocycles. The smallest absolute Gasteiger partial charge is 0.186 e. The first kappa shape index (κ1) is 18.6. The van der Waals surface area contributed by atoms with E-state index in [0.29, 0.717) is 0 Å². The zero-order chi connectivity index (χ0) is 16.2. The number of ether oxygens (including phenoxy) is 2. The topological polar surface area (TPSA) is 180 Å². The molecule has 0 aliphatic carbocycles. The molecule has 0 spiro atoms. The average molecular weight is 314 g/mol. The molecule has 0 unspecified atom stereocenters. The first-order valence-corrected chi connectivity index (χ1v) is 6.40. The van der Waals surface area contributed by atoms with Crippen LogP contribution in [0.5, 0.6) is 0 Å². The van der Waals surface area contributed by atoms with Gasteiger partial charge in [0.1, 0.15) is 42.7 Å². The van der Waals surface area contributed by atoms with Crippen molar-refractivity contribution in [1.29, 1.82) is 0 Å². The Morgan fingerprint density at radius 3 is 2.05 bits per heavy atom. The van der Waals surface area contributed by atoms with Gasteiger partial charge in [0.25, 0.3) is 0 Å². The van der Waals surface area contributed by atoms with E-state index >= 15 is 0 Å². The molecule has 1 saturated heterocycles. The maximum Gasteiger partial charge on any atom is 0.186 e. The third kappa shape index (κ3) is 4.53. The Bertz CT molecular complexity index is 301. The molecular weight excluding hydrogens is 292 g/mol. The molecule has 1 aliphatic rings. The van der Waals surface area contributed by atoms with Gasteiger partial charge < -0.3 is 50.3 Å². The fourth-order valence-corrected chi connectivity index (χ4v) is 1.86. The highest BCUT2D eigenvalue weighted by atomic mass is 16.7. The van der Waals surface area contributed by atoms with E-state index in [2.05, 4.69) is 0 Å². The number of aliphatic hydroxyl groups is 8. The minimum Gasteiger partial charge on any atom is -0.394 e. The van der Waals surface area contributed by atoms with Gasteiger partial charge >= 0.3 is 0 Å². The Morgan fingerprint density at radius 2 is 1.52 bits per heavy atom. The second-order valence-electron chi connectivity index (χ2n) is 4.84. The summed E-state index contributed by atoms with van der Waals surface area (Å²) < 4.78 is 9.98. The van der Waals surface area contributed by atoms with E-state index in [4.69, 9.17) is 24.8 Å². The standard InChI is InChI=1S/C11H22O10/c12-1-4(14)7(16)5(15)3-20-11-10(19)9(18)8(17)6(2-13)21-11/h4-19H,1-3H2/t4-,5-,6+,7-,8+,9-,10-,11+/m0/s1. The second-order valence-corrected chi connectivity index (χ2v) is 4.84. The van der Waals surface area contributed by atoms with Crippen molar-refractivity contribution in [2.45, 2.75) is 49.0 Å². The van der Waals surface area contributed by atoms with Gasteiger partial charge in [0.15, 0.2) is 6.29 Å². The zero-order valence-electron chi connectivity index (χ0n) is 11.1. The van der Waals surface area contributed by atoms with Crippen molar-refractivity contribution in [2.75, 3.05) is 19.8 Å². The Hall–Kier alpha value is -0.400. The predicted octanol–water partition coefficient (Wildman–Crippen LogP) is -5.12. The van der Waals surface area contributed by atoms with Crippen molar-refractivity contribution in [1.82, 2.24) is 0 Å². The van der Waals surface area contributed by atoms with Gasteiger partial charge in [-0.05, 0) is 0 Å². The zero-order valence-corrected chi connectivity index (χ0v) is 11.1. The first-order valence-electron chi connectivity index (χ1n) is 6.40. The summed E-state index contributed by atoms with van der Waals surface area (Å²) in [5.74, 6) is 0. The van der Waals surface area contributed by atoms with Crippen LogP contribution >= 0.6 is 0 Å². The summed E-state index contributed by atoms with van der Waals surface area (Å²) in [6, 6.07) is 0. The lowest BCUT2D eigenvalue weighted by molar-refractivity contribution is -0.306. The molecule has 0 amide bonds. The molecule has 126 valence electrons. The van der Waals surface area contributed by atoms with Crippen LogP contribution < -0.4 is 0 Å². The lowest BCUT2D eigenvalue weighted by atomic mass is 9.99. The van der Waals surface area contributed by atoms with E-state index in [1.807, 2.05) is 0 Å². The van der Waals surface area contributed by atoms with Crippen molar-refractivity contribution >= 4 is 0 Å². The van der Waals surface area contributed by atoms with Gasteiger partial charge in [0.2, 0.25) is 0 Å². The van der Waals surface area contributed by atoms with E-state index in [0.717, 1.165) is 0 Å². The minimum atomic E-state index is -1.68. The number of hydrogen-bond donors (Lipinski definition) is 8. The van der Waals surface area contributed by atoms with Gasteiger partial charge in [-0.2, -0.15) is 0 Å². The maximum atomic E-state index is 9.65. The van der Waals surface area contributed by atoms with E-state index < -0.39 is 68.8 Å². The highest BCUT2D eigenvalue weighted by molar-refractivity contribution is 4.89. The van der Waals surface area contributed by atoms with E-state index in [1.54, 1.807) is 0 Å². The first-order chi connectivity index (χ1) is 9.83. The van der Waals surface area contributed by atoms with E-state index in [1.165, 1.54) is 0 Å². The van der Waals surface area contributed by atoms with Gasteiger partial charge in [0.05, 0.1) is 19.8 Å². The molecule has 10 heteroatoms. The van der Waals surface area contributed by atoms with Crippen molar-refractivity contribution in [3.8, 4) is 0 Å². The van der Waals surface area contributed by atoms with Crippen LogP contribution in [0.3, 0.4) is 0 Å². The Labute approximate surface area is 120 Å². The third-order valence-corrected chi connectivity index (χ3v) is 3.26. The highest BCUT2D eigenvalue weighted by Crippen LogP contribution is 2.22. The van der Waals surface area contributed by atoms with Gasteiger partial charge in [-0.3, -0.25) is 0 Å². The lowest BCUT2D eigenvalue weighted by Gasteiger charge is -2.40. The van der Waals surface area contributed by atoms with Crippen LogP contribution in [0, 0.1) is 0 Å². The molecule has 1 aliphatic heterocycles. The van der Waals surface area contributed by atoms with Crippen molar-refractivity contribution < 1.29 is 50.3 Å². The summed E-state index contributed by atoms with van der Waals surface area (Å²) in [6.07, 6.45) is -12.2. The molecule has 8 N–H and O–H groups in total. The van der Waals surface area contributed by atoms with E-state index in [9.17, 15) is 25.5 Å². The highest BCUT2D eigenvalue weighted by Gasteiger charge is 2.44. The molecule has 1 fully saturated rings. The fraction of sp³-hybridized carbons (Fsp3) is 1.00. The molecule has 0 aromatic carbocycles. The minimum absolute atomic E-state index is 0.582. The molecule has 1 rings (SSSR count). The van der Waals surface area contributed by atoms with Crippen LogP contribution in [0.4, 0.5) is 0 Å². The molecule has 10 nitrogen and oxygen atoms in total. The third-order valence-electron chi connectivity index (χ3n) is 3.26. The molecule has 0 aromatic rings. The monoisotopic (exact) mass is 314 g/mol. The summed E-state index contributed by atoms with van der Waals surface area (Å²) in [5, 5.41) is 74.4. The molecule has 0 aromatic heterocycles. The number of hydrogen-bond acceptors (Lipinski definition) is 10. The van der Waals surface area contributed by atoms with E-state index in [-0.39, 0.29) is 0 Å². The summed E-state index contributed by atoms with van der Waals surface area (Å²) in [7, 11) is 0. The largest absolute Gasteiger partial charge is 0.394 e. The predicted molar refractivity (Wildman–Crippen MR) is 64.8 cm³/mol. The van der Waals surface area contributed by atoms with Crippen molar-refractivity contribution in [2.24, 2.45) is 0 Å². The lowest BCUT2D eigenvalue weighted by Crippen LogP contribution is -2.59. The molecule has 8 atom stereocenters. The Kier molecular flexibility index (Phi) is 7.36. The Balaban J connectivity index is 2.53. The summed E-state index contributed by atoms with van der Waals surface area (Å²) >= 11 is 0. The SMILES string of the molecule is OC[C@H](O)[C@H](O)[C@@H](O)CO[C@@H]1O[C@H](CO)[C@@H](O)[C@H](O)[C@@H]1O. The number of aliphatic hydroxyl groups excluding tert-OH is 8. The summed E-state index contributed by atoms with van der Waals surface area (Å²) in [4.78, 5) is 0. The maximum absolute atomic E-state index is 9.65. The molecule has 0 radical (unpaired) electrons. The van der Waals surface area contributed by atoms with Crippen LogP contribution in [-0.4, -0.2) is 110 Å². The molecule has 0 bridgehead atoms. The van der Waals surface area contributed by atoms with Crippen LogP contribution in [0.1, 0.15) is 0 Å². The van der Waals surface area contributed by atoms with Crippen LogP contribution in [0.2, 0.25) is 0 Å². The van der Waals surface area contributed by atoms with Crippen molar-refractivity contribution in [3.05, 3.63) is 0 Å². The summed E-state index contributed by atoms with van der Waals surface area (Å²) in [5.41, 5.74) is 0. The van der Waals surface area contributed by atoms with Gasteiger partial charge in [-0.25, -0.2) is 0 Å². The van der Waals surface area contributed by atoms with Crippen LogP contribution in [0.15, 0.2) is 0 Å².